The lowest BCUT2D eigenvalue weighted by molar-refractivity contribution is -0.127. The first kappa shape index (κ1) is 14.4. The maximum Gasteiger partial charge on any atom is 0.139 e. The van der Waals surface area contributed by atoms with Crippen molar-refractivity contribution >= 4 is 22.4 Å². The summed E-state index contributed by atoms with van der Waals surface area (Å²) in [5.74, 6) is 1.08. The molecule has 1 aromatic carbocycles. The number of hydrogen-bond donors (Lipinski definition) is 0. The standard InChI is InChI=1S/C18H23N5O/c1-21-4-6-22(7-5-21)17-15-3-2-14(8-16(15)19-13-20-17)23-9-18(10-23)11-24-12-18/h2-3,8,13H,4-7,9-12H2,1H3. The van der Waals surface area contributed by atoms with E-state index in [4.69, 9.17) is 4.74 Å². The Hall–Kier alpha value is -1.92. The minimum atomic E-state index is 0.436. The van der Waals surface area contributed by atoms with Crippen LogP contribution in [-0.4, -0.2) is 74.4 Å². The highest BCUT2D eigenvalue weighted by Crippen LogP contribution is 2.41. The summed E-state index contributed by atoms with van der Waals surface area (Å²) in [5, 5.41) is 1.16. The molecule has 5 rings (SSSR count). The van der Waals surface area contributed by atoms with Crippen LogP contribution in [0.1, 0.15) is 0 Å². The van der Waals surface area contributed by atoms with Crippen molar-refractivity contribution in [3.8, 4) is 0 Å². The summed E-state index contributed by atoms with van der Waals surface area (Å²) in [4.78, 5) is 16.3. The zero-order chi connectivity index (χ0) is 16.1. The first-order chi connectivity index (χ1) is 11.7. The molecular weight excluding hydrogens is 302 g/mol. The van der Waals surface area contributed by atoms with Crippen molar-refractivity contribution in [2.24, 2.45) is 5.41 Å². The summed E-state index contributed by atoms with van der Waals surface area (Å²) >= 11 is 0. The molecule has 3 aliphatic rings. The Bertz CT molecular complexity index is 759. The average Bonchev–Trinajstić information content (AvgIpc) is 2.52. The highest BCUT2D eigenvalue weighted by molar-refractivity contribution is 5.91. The molecule has 3 fully saturated rings. The molecule has 0 bridgehead atoms. The van der Waals surface area contributed by atoms with Gasteiger partial charge in [-0.2, -0.15) is 0 Å². The number of hydrogen-bond acceptors (Lipinski definition) is 6. The third kappa shape index (κ3) is 2.24. The number of ether oxygens (including phenoxy) is 1. The number of aromatic nitrogens is 2. The van der Waals surface area contributed by atoms with Crippen molar-refractivity contribution in [3.05, 3.63) is 24.5 Å². The monoisotopic (exact) mass is 325 g/mol. The molecule has 0 saturated carbocycles. The predicted molar refractivity (Wildman–Crippen MR) is 94.7 cm³/mol. The SMILES string of the molecule is CN1CCN(c2ncnc3cc(N4CC5(COC5)C4)ccc23)CC1. The molecule has 24 heavy (non-hydrogen) atoms. The van der Waals surface area contributed by atoms with Gasteiger partial charge in [-0.15, -0.1) is 0 Å². The van der Waals surface area contributed by atoms with E-state index in [2.05, 4.69) is 49.9 Å². The minimum absolute atomic E-state index is 0.436. The van der Waals surface area contributed by atoms with Crippen LogP contribution in [0.15, 0.2) is 24.5 Å². The quantitative estimate of drug-likeness (QED) is 0.827. The van der Waals surface area contributed by atoms with Gasteiger partial charge in [0.2, 0.25) is 0 Å². The normalized spacial score (nSPS) is 23.4. The van der Waals surface area contributed by atoms with E-state index in [1.54, 1.807) is 6.33 Å². The molecule has 0 unspecified atom stereocenters. The Morgan fingerprint density at radius 2 is 1.79 bits per heavy atom. The first-order valence-corrected chi connectivity index (χ1v) is 8.74. The van der Waals surface area contributed by atoms with Crippen LogP contribution < -0.4 is 9.80 Å². The van der Waals surface area contributed by atoms with E-state index < -0.39 is 0 Å². The third-order valence-electron chi connectivity index (χ3n) is 5.64. The van der Waals surface area contributed by atoms with Crippen LogP contribution in [0.4, 0.5) is 11.5 Å². The Labute approximate surface area is 142 Å². The van der Waals surface area contributed by atoms with Gasteiger partial charge in [0.15, 0.2) is 0 Å². The van der Waals surface area contributed by atoms with Gasteiger partial charge in [0.05, 0.1) is 24.1 Å². The number of nitrogens with zero attached hydrogens (tertiary/aromatic N) is 5. The number of anilines is 2. The second kappa shape index (κ2) is 5.29. The van der Waals surface area contributed by atoms with Gasteiger partial charge in [-0.3, -0.25) is 0 Å². The fourth-order valence-corrected chi connectivity index (χ4v) is 4.02. The summed E-state index contributed by atoms with van der Waals surface area (Å²) < 4.78 is 5.37. The zero-order valence-electron chi connectivity index (χ0n) is 14.1. The summed E-state index contributed by atoms with van der Waals surface area (Å²) in [6, 6.07) is 6.63. The highest BCUT2D eigenvalue weighted by atomic mass is 16.5. The van der Waals surface area contributed by atoms with E-state index in [1.807, 2.05) is 0 Å². The molecule has 0 N–H and O–H groups in total. The van der Waals surface area contributed by atoms with Crippen molar-refractivity contribution in [1.82, 2.24) is 14.9 Å². The molecule has 2 aromatic rings. The Morgan fingerprint density at radius 3 is 2.50 bits per heavy atom. The van der Waals surface area contributed by atoms with Crippen molar-refractivity contribution in [2.75, 3.05) is 69.3 Å². The maximum absolute atomic E-state index is 5.37. The van der Waals surface area contributed by atoms with E-state index in [0.29, 0.717) is 5.41 Å². The average molecular weight is 325 g/mol. The molecule has 6 nitrogen and oxygen atoms in total. The predicted octanol–water partition coefficient (Wildman–Crippen LogP) is 1.22. The zero-order valence-corrected chi connectivity index (χ0v) is 14.1. The van der Waals surface area contributed by atoms with E-state index >= 15 is 0 Å². The molecule has 0 atom stereocenters. The topological polar surface area (TPSA) is 44.7 Å². The second-order valence-corrected chi connectivity index (χ2v) is 7.54. The van der Waals surface area contributed by atoms with Gasteiger partial charge >= 0.3 is 0 Å². The lowest BCUT2D eigenvalue weighted by Gasteiger charge is -2.56. The summed E-state index contributed by atoms with van der Waals surface area (Å²) in [5.41, 5.74) is 2.75. The summed E-state index contributed by atoms with van der Waals surface area (Å²) in [7, 11) is 2.18. The van der Waals surface area contributed by atoms with Crippen molar-refractivity contribution in [1.29, 1.82) is 0 Å². The Kier molecular flexibility index (Phi) is 3.18. The van der Waals surface area contributed by atoms with Crippen LogP contribution in [0.5, 0.6) is 0 Å². The van der Waals surface area contributed by atoms with Crippen molar-refractivity contribution < 1.29 is 4.74 Å². The lowest BCUT2D eigenvalue weighted by Crippen LogP contribution is -2.66. The summed E-state index contributed by atoms with van der Waals surface area (Å²) in [6.07, 6.45) is 1.71. The molecule has 4 heterocycles. The fourth-order valence-electron chi connectivity index (χ4n) is 4.02. The summed E-state index contributed by atoms with van der Waals surface area (Å²) in [6.45, 7) is 8.28. The van der Waals surface area contributed by atoms with E-state index in [9.17, 15) is 0 Å². The van der Waals surface area contributed by atoms with E-state index in [-0.39, 0.29) is 0 Å². The molecule has 126 valence electrons. The van der Waals surface area contributed by atoms with Gasteiger partial charge in [0.1, 0.15) is 12.1 Å². The van der Waals surface area contributed by atoms with Gasteiger partial charge < -0.3 is 19.4 Å². The van der Waals surface area contributed by atoms with Crippen molar-refractivity contribution in [2.45, 2.75) is 0 Å². The number of rotatable bonds is 2. The van der Waals surface area contributed by atoms with Crippen LogP contribution in [0, 0.1) is 5.41 Å². The van der Waals surface area contributed by atoms with Gasteiger partial charge in [-0.05, 0) is 25.2 Å². The van der Waals surface area contributed by atoms with Crippen molar-refractivity contribution in [3.63, 3.8) is 0 Å². The smallest absolute Gasteiger partial charge is 0.139 e. The third-order valence-corrected chi connectivity index (χ3v) is 5.64. The second-order valence-electron chi connectivity index (χ2n) is 7.54. The Morgan fingerprint density at radius 1 is 1.00 bits per heavy atom. The van der Waals surface area contributed by atoms with Crippen LogP contribution in [0.2, 0.25) is 0 Å². The lowest BCUT2D eigenvalue weighted by atomic mass is 9.78. The molecule has 0 amide bonds. The number of fused-ring (bicyclic) bond motifs is 1. The number of piperazine rings is 1. The highest BCUT2D eigenvalue weighted by Gasteiger charge is 2.49. The first-order valence-electron chi connectivity index (χ1n) is 8.74. The molecule has 0 aliphatic carbocycles. The molecule has 3 aliphatic heterocycles. The minimum Gasteiger partial charge on any atom is -0.380 e. The molecule has 6 heteroatoms. The van der Waals surface area contributed by atoms with Gasteiger partial charge in [-0.1, -0.05) is 0 Å². The van der Waals surface area contributed by atoms with Gasteiger partial charge in [-0.25, -0.2) is 9.97 Å². The largest absolute Gasteiger partial charge is 0.380 e. The molecule has 0 radical (unpaired) electrons. The molecular formula is C18H23N5O. The van der Waals surface area contributed by atoms with E-state index in [1.165, 1.54) is 5.69 Å². The van der Waals surface area contributed by atoms with Gasteiger partial charge in [0.25, 0.3) is 0 Å². The van der Waals surface area contributed by atoms with Crippen LogP contribution in [0.25, 0.3) is 10.9 Å². The molecule has 3 saturated heterocycles. The molecule has 1 spiro atoms. The molecule has 1 aromatic heterocycles. The van der Waals surface area contributed by atoms with Gasteiger partial charge in [0, 0.05) is 50.3 Å². The van der Waals surface area contributed by atoms with Crippen LogP contribution >= 0.6 is 0 Å². The number of benzene rings is 1. The number of likely N-dealkylation sites (N-methyl/N-ethyl adjacent to an activating group) is 1. The fraction of sp³-hybridized carbons (Fsp3) is 0.556. The Balaban J connectivity index is 1.42. The van der Waals surface area contributed by atoms with Crippen LogP contribution in [-0.2, 0) is 4.74 Å². The van der Waals surface area contributed by atoms with E-state index in [0.717, 1.165) is 69.2 Å². The maximum atomic E-state index is 5.37. The van der Waals surface area contributed by atoms with Crippen LogP contribution in [0.3, 0.4) is 0 Å².